The van der Waals surface area contributed by atoms with Gasteiger partial charge >= 0.3 is 0 Å². The maximum atomic E-state index is 2.28. The molecule has 30 heavy (non-hydrogen) atoms. The first kappa shape index (κ1) is 47.7. The molecule has 4 saturated carbocycles. The molecule has 0 bridgehead atoms. The average Bonchev–Trinajstić information content (AvgIpc) is 3.51. The molecule has 0 aromatic rings. The van der Waals surface area contributed by atoms with Crippen LogP contribution in [0.25, 0.3) is 0 Å². The highest BCUT2D eigenvalue weighted by atomic mass is 14.2. The van der Waals surface area contributed by atoms with Crippen LogP contribution < -0.4 is 0 Å². The van der Waals surface area contributed by atoms with E-state index in [1.54, 1.807) is 0 Å². The molecule has 0 spiro atoms. The third kappa shape index (κ3) is 90.7. The number of hydrogen-bond donors (Lipinski definition) is 0. The van der Waals surface area contributed by atoms with Crippen LogP contribution in [0.15, 0.2) is 0 Å². The summed E-state index contributed by atoms with van der Waals surface area (Å²) < 4.78 is 0. The maximum absolute atomic E-state index is 2.28. The fourth-order valence-corrected chi connectivity index (χ4v) is 0.917. The fourth-order valence-electron chi connectivity index (χ4n) is 0.917. The molecule has 0 atom stereocenters. The quantitative estimate of drug-likeness (QED) is 0.355. The molecule has 0 unspecified atom stereocenters. The van der Waals surface area contributed by atoms with Gasteiger partial charge in [-0.1, -0.05) is 194 Å². The lowest BCUT2D eigenvalue weighted by molar-refractivity contribution is 0.504. The minimum atomic E-state index is 1.08. The molecule has 0 aromatic carbocycles. The van der Waals surface area contributed by atoms with Gasteiger partial charge in [0.15, 0.2) is 0 Å². The first-order valence-corrected chi connectivity index (χ1v) is 14.9. The van der Waals surface area contributed by atoms with E-state index in [2.05, 4.69) is 6.92 Å². The van der Waals surface area contributed by atoms with Crippen molar-refractivity contribution in [3.8, 4) is 0 Å². The molecule has 194 valence electrons. The van der Waals surface area contributed by atoms with Gasteiger partial charge in [0.25, 0.3) is 0 Å². The van der Waals surface area contributed by atoms with Crippen molar-refractivity contribution in [1.82, 2.24) is 0 Å². The first-order chi connectivity index (χ1) is 14.9. The number of hydrogen-bond acceptors (Lipinski definition) is 0. The zero-order chi connectivity index (χ0) is 25.5. The Hall–Kier alpha value is 0. The fraction of sp³-hybridized carbons (Fsp3) is 1.00. The zero-order valence-corrected chi connectivity index (χ0v) is 25.5. The van der Waals surface area contributed by atoms with Crippen molar-refractivity contribution in [2.75, 3.05) is 0 Å². The standard InChI is InChI=1S/4C4H8.7C2H6/c1-4-2-3-4;3*1-2-4-3-1;7*1-2/h4H,2-3H2,1H3;3*1-4H2;7*1-2H3. The summed E-state index contributed by atoms with van der Waals surface area (Å²) in [5.41, 5.74) is 0. The van der Waals surface area contributed by atoms with Crippen LogP contribution in [-0.2, 0) is 0 Å². The summed E-state index contributed by atoms with van der Waals surface area (Å²) in [6.07, 6.45) is 21.0. The van der Waals surface area contributed by atoms with Crippen molar-refractivity contribution >= 4 is 0 Å². The molecule has 0 heterocycles. The summed E-state index contributed by atoms with van der Waals surface area (Å²) in [6, 6.07) is 0. The van der Waals surface area contributed by atoms with Gasteiger partial charge in [0.1, 0.15) is 0 Å². The highest BCUT2D eigenvalue weighted by Crippen LogP contribution is 2.26. The topological polar surface area (TPSA) is 0 Å². The van der Waals surface area contributed by atoms with E-state index < -0.39 is 0 Å². The van der Waals surface area contributed by atoms with Crippen LogP contribution in [0.5, 0.6) is 0 Å². The SMILES string of the molecule is C1CCC1.C1CCC1.C1CCC1.CC.CC.CC.CC.CC.CC.CC.CC1CC1. The maximum Gasteiger partial charge on any atom is -0.0443 e. The van der Waals surface area contributed by atoms with E-state index in [0.29, 0.717) is 0 Å². The van der Waals surface area contributed by atoms with E-state index in [1.807, 2.05) is 96.9 Å². The summed E-state index contributed by atoms with van der Waals surface area (Å²) in [6.45, 7) is 30.3. The van der Waals surface area contributed by atoms with Crippen molar-refractivity contribution in [2.45, 2.75) is 194 Å². The summed E-state index contributed by atoms with van der Waals surface area (Å²) in [5.74, 6) is 1.08. The Labute approximate surface area is 199 Å². The van der Waals surface area contributed by atoms with Crippen molar-refractivity contribution in [1.29, 1.82) is 0 Å². The normalized spacial score (nSPS) is 14.5. The van der Waals surface area contributed by atoms with Gasteiger partial charge in [0.2, 0.25) is 0 Å². The van der Waals surface area contributed by atoms with Crippen LogP contribution in [0.3, 0.4) is 0 Å². The highest BCUT2D eigenvalue weighted by molar-refractivity contribution is 4.65. The lowest BCUT2D eigenvalue weighted by Crippen LogP contribution is -1.85. The highest BCUT2D eigenvalue weighted by Gasteiger charge is 2.12. The molecule has 0 saturated heterocycles. The van der Waals surface area contributed by atoms with Crippen LogP contribution in [-0.4, -0.2) is 0 Å². The van der Waals surface area contributed by atoms with Gasteiger partial charge in [-0.25, -0.2) is 0 Å². The van der Waals surface area contributed by atoms with E-state index in [0.717, 1.165) is 5.92 Å². The van der Waals surface area contributed by atoms with Crippen molar-refractivity contribution in [2.24, 2.45) is 5.92 Å². The molecule has 0 radical (unpaired) electrons. The largest absolute Gasteiger partial charge is 0.0683 e. The van der Waals surface area contributed by atoms with Crippen LogP contribution >= 0.6 is 0 Å². The lowest BCUT2D eigenvalue weighted by atomic mass is 10.0. The number of rotatable bonds is 0. The molecule has 0 heteroatoms. The van der Waals surface area contributed by atoms with Gasteiger partial charge in [-0.15, -0.1) is 0 Å². The Morgan fingerprint density at radius 3 is 0.333 bits per heavy atom. The van der Waals surface area contributed by atoms with Gasteiger partial charge in [-0.3, -0.25) is 0 Å². The molecule has 4 fully saturated rings. The molecule has 0 aliphatic heterocycles. The molecule has 0 amide bonds. The third-order valence-corrected chi connectivity index (χ3v) is 3.87. The van der Waals surface area contributed by atoms with E-state index in [1.165, 1.54) is 89.9 Å². The molecule has 0 N–H and O–H groups in total. The summed E-state index contributed by atoms with van der Waals surface area (Å²) in [7, 11) is 0. The van der Waals surface area contributed by atoms with E-state index in [9.17, 15) is 0 Å². The van der Waals surface area contributed by atoms with Crippen LogP contribution in [0.2, 0.25) is 0 Å². The Morgan fingerprint density at radius 1 is 0.267 bits per heavy atom. The first-order valence-electron chi connectivity index (χ1n) is 14.9. The summed E-state index contributed by atoms with van der Waals surface area (Å²) >= 11 is 0. The zero-order valence-electron chi connectivity index (χ0n) is 25.5. The second-order valence-electron chi connectivity index (χ2n) is 5.93. The predicted octanol–water partition coefficient (Wildman–Crippen LogP) is 13.3. The van der Waals surface area contributed by atoms with E-state index >= 15 is 0 Å². The van der Waals surface area contributed by atoms with Crippen LogP contribution in [0.4, 0.5) is 0 Å². The third-order valence-electron chi connectivity index (χ3n) is 3.87. The van der Waals surface area contributed by atoms with Gasteiger partial charge in [0, 0.05) is 0 Å². The Bertz CT molecular complexity index is 92.0. The van der Waals surface area contributed by atoms with Crippen molar-refractivity contribution in [3.63, 3.8) is 0 Å². The lowest BCUT2D eigenvalue weighted by Gasteiger charge is -2.05. The smallest absolute Gasteiger partial charge is 0.0443 e. The van der Waals surface area contributed by atoms with Gasteiger partial charge in [-0.2, -0.15) is 0 Å². The Kier molecular flexibility index (Phi) is 125. The predicted molar refractivity (Wildman–Crippen MR) is 153 cm³/mol. The van der Waals surface area contributed by atoms with Gasteiger partial charge < -0.3 is 0 Å². The average molecular weight is 435 g/mol. The molecule has 0 nitrogen and oxygen atoms in total. The molecule has 0 aromatic heterocycles. The van der Waals surface area contributed by atoms with Gasteiger partial charge in [-0.05, 0) is 5.92 Å². The summed E-state index contributed by atoms with van der Waals surface area (Å²) in [5, 5.41) is 0. The molecule has 4 aliphatic carbocycles. The van der Waals surface area contributed by atoms with Crippen molar-refractivity contribution in [3.05, 3.63) is 0 Å². The minimum Gasteiger partial charge on any atom is -0.0683 e. The van der Waals surface area contributed by atoms with Crippen LogP contribution in [0.1, 0.15) is 194 Å². The molecule has 4 aliphatic rings. The Balaban J connectivity index is -0.0000000398. The summed E-state index contributed by atoms with van der Waals surface area (Å²) in [4.78, 5) is 0. The van der Waals surface area contributed by atoms with Gasteiger partial charge in [0.05, 0.1) is 0 Å². The molecule has 4 rings (SSSR count). The monoisotopic (exact) mass is 435 g/mol. The second kappa shape index (κ2) is 78.7. The van der Waals surface area contributed by atoms with E-state index in [-0.39, 0.29) is 0 Å². The Morgan fingerprint density at radius 2 is 0.333 bits per heavy atom. The minimum absolute atomic E-state index is 1.08. The molecular weight excluding hydrogens is 360 g/mol. The van der Waals surface area contributed by atoms with Crippen molar-refractivity contribution < 1.29 is 0 Å². The molecular formula is C30H74. The van der Waals surface area contributed by atoms with Crippen LogP contribution in [0, 0.1) is 5.92 Å². The van der Waals surface area contributed by atoms with E-state index in [4.69, 9.17) is 0 Å². The second-order valence-corrected chi connectivity index (χ2v) is 5.93.